The van der Waals surface area contributed by atoms with E-state index in [2.05, 4.69) is 83.5 Å². The number of allylic oxidation sites excluding steroid dienone is 4. The quantitative estimate of drug-likeness (QED) is 0.539. The molecule has 4 heteroatoms. The molecular weight excluding hydrogens is 385 g/mol. The van der Waals surface area contributed by atoms with E-state index in [1.54, 1.807) is 0 Å². The van der Waals surface area contributed by atoms with E-state index in [4.69, 9.17) is 0 Å². The molecule has 0 unspecified atom stereocenters. The monoisotopic (exact) mass is 417 g/mol. The second-order valence-electron chi connectivity index (χ2n) is 8.36. The normalized spacial score (nSPS) is 15.0. The van der Waals surface area contributed by atoms with Gasteiger partial charge >= 0.3 is 152 Å². The van der Waals surface area contributed by atoms with Crippen LogP contribution in [0.5, 0.6) is 0 Å². The molecule has 0 heterocycles. The first-order valence-electron chi connectivity index (χ1n) is 8.53. The van der Waals surface area contributed by atoms with Gasteiger partial charge in [0.05, 0.1) is 0 Å². The van der Waals surface area contributed by atoms with E-state index < -0.39 is 0 Å². The van der Waals surface area contributed by atoms with Crippen molar-refractivity contribution < 1.29 is 19.4 Å². The standard InChI is InChI=1S/C17H21.C4H10N.2ClH.Ti/c1-11(2)15-8-6-7-9-16(15)17-10-12(3)13(4)14(17)5;1-4(2,3)5;;;/h6-9H,10H2,1-5H3;5H,1-3H3;2*1H;/q;-1;;;+1. The van der Waals surface area contributed by atoms with Gasteiger partial charge in [-0.2, -0.15) is 0 Å². The topological polar surface area (TPSA) is 12.0 Å². The first-order valence-corrected chi connectivity index (χ1v) is 10.1. The molecule has 140 valence electrons. The zero-order valence-corrected chi connectivity index (χ0v) is 20.0. The van der Waals surface area contributed by atoms with Crippen LogP contribution in [0.15, 0.2) is 41.0 Å². The zero-order valence-electron chi connectivity index (χ0n) is 16.8. The third kappa shape index (κ3) is 5.98. The number of hydrogen-bond donors (Lipinski definition) is 1. The van der Waals surface area contributed by atoms with Crippen LogP contribution in [0, 0.1) is 0 Å². The van der Waals surface area contributed by atoms with Crippen molar-refractivity contribution in [3.8, 4) is 0 Å². The number of hydrogen-bond acceptors (Lipinski definition) is 1. The zero-order chi connectivity index (χ0) is 17.4. The number of rotatable bonds is 4. The summed E-state index contributed by atoms with van der Waals surface area (Å²) in [4.78, 5) is 0. The Kier molecular flexibility index (Phi) is 9.23. The average Bonchev–Trinajstić information content (AvgIpc) is 2.72. The molecule has 0 atom stereocenters. The first-order chi connectivity index (χ1) is 10.5. The molecule has 0 aliphatic heterocycles. The Hall–Kier alpha value is -0.0457. The molecule has 0 amide bonds. The van der Waals surface area contributed by atoms with Crippen molar-refractivity contribution in [3.05, 3.63) is 52.1 Å². The van der Waals surface area contributed by atoms with Crippen LogP contribution in [0.25, 0.3) is 5.57 Å². The third-order valence-electron chi connectivity index (χ3n) is 4.77. The summed E-state index contributed by atoms with van der Waals surface area (Å²) in [6.07, 6.45) is 1.11. The summed E-state index contributed by atoms with van der Waals surface area (Å²) in [5.41, 5.74) is 9.19. The van der Waals surface area contributed by atoms with Crippen LogP contribution in [-0.2, 0) is 23.1 Å². The summed E-state index contributed by atoms with van der Waals surface area (Å²) < 4.78 is 4.03. The number of benzene rings is 1. The molecule has 0 bridgehead atoms. The van der Waals surface area contributed by atoms with Crippen molar-refractivity contribution in [1.29, 1.82) is 0 Å². The Labute approximate surface area is 176 Å². The van der Waals surface area contributed by atoms with Crippen molar-refractivity contribution in [1.82, 2.24) is 3.80 Å². The molecule has 1 aromatic carbocycles. The first kappa shape index (κ1) is 25.0. The van der Waals surface area contributed by atoms with Gasteiger partial charge in [0.15, 0.2) is 0 Å². The van der Waals surface area contributed by atoms with Crippen LogP contribution >= 0.6 is 24.8 Å². The van der Waals surface area contributed by atoms with Crippen LogP contribution in [-0.4, -0.2) is 5.54 Å². The molecule has 1 aromatic rings. The maximum atomic E-state index is 3.81. The van der Waals surface area contributed by atoms with E-state index in [0.29, 0.717) is 0 Å². The molecule has 0 saturated carbocycles. The van der Waals surface area contributed by atoms with E-state index in [1.165, 1.54) is 33.4 Å². The molecule has 0 spiro atoms. The van der Waals surface area contributed by atoms with Gasteiger partial charge in [-0.15, -0.1) is 24.8 Å². The van der Waals surface area contributed by atoms with E-state index in [9.17, 15) is 0 Å². The molecular formula is C21H33Cl2NTi. The summed E-state index contributed by atoms with van der Waals surface area (Å²) in [5.74, 6) is 0. The minimum atomic E-state index is -0.299. The number of nitrogens with one attached hydrogen (secondary N) is 1. The molecule has 1 aliphatic carbocycles. The van der Waals surface area contributed by atoms with E-state index >= 15 is 0 Å². The van der Waals surface area contributed by atoms with Gasteiger partial charge in [-0.1, -0.05) is 0 Å². The summed E-state index contributed by atoms with van der Waals surface area (Å²) in [7, 11) is 0. The van der Waals surface area contributed by atoms with Crippen LogP contribution < -0.4 is 3.80 Å². The molecule has 0 saturated heterocycles. The fraction of sp³-hybridized carbons (Fsp3) is 0.524. The van der Waals surface area contributed by atoms with Gasteiger partial charge in [-0.25, -0.2) is 0 Å². The van der Waals surface area contributed by atoms with Crippen LogP contribution in [0.4, 0.5) is 0 Å². The largest absolute Gasteiger partial charge is 0.147 e. The van der Waals surface area contributed by atoms with Crippen molar-refractivity contribution in [2.24, 2.45) is 0 Å². The maximum Gasteiger partial charge on any atom is -0.147 e. The van der Waals surface area contributed by atoms with E-state index in [0.717, 1.165) is 6.42 Å². The molecule has 0 radical (unpaired) electrons. The van der Waals surface area contributed by atoms with Crippen LogP contribution in [0.3, 0.4) is 0 Å². The fourth-order valence-electron chi connectivity index (χ4n) is 3.08. The maximum absolute atomic E-state index is 3.81. The second kappa shape index (κ2) is 9.24. The molecule has 2 rings (SSSR count). The van der Waals surface area contributed by atoms with Gasteiger partial charge in [0, 0.05) is 0 Å². The smallest absolute Gasteiger partial charge is 0.147 e. The van der Waals surface area contributed by atoms with Gasteiger partial charge in [0.2, 0.25) is 0 Å². The Morgan fingerprint density at radius 1 is 0.880 bits per heavy atom. The van der Waals surface area contributed by atoms with E-state index in [1.807, 2.05) is 0 Å². The number of halogens is 2. The Morgan fingerprint density at radius 3 is 1.92 bits per heavy atom. The minimum absolute atomic E-state index is 0. The minimum Gasteiger partial charge on any atom is -0.147 e. The van der Waals surface area contributed by atoms with Crippen molar-refractivity contribution >= 4 is 30.4 Å². The predicted octanol–water partition coefficient (Wildman–Crippen LogP) is 6.66. The summed E-state index contributed by atoms with van der Waals surface area (Å²) in [5, 5.41) is 0. The van der Waals surface area contributed by atoms with Gasteiger partial charge in [0.25, 0.3) is 0 Å². The van der Waals surface area contributed by atoms with Crippen LogP contribution in [0.2, 0.25) is 0 Å². The van der Waals surface area contributed by atoms with Crippen LogP contribution in [0.1, 0.15) is 72.9 Å². The second-order valence-corrected chi connectivity index (χ2v) is 11.1. The van der Waals surface area contributed by atoms with E-state index in [-0.39, 0.29) is 53.5 Å². The van der Waals surface area contributed by atoms with Gasteiger partial charge in [-0.3, -0.25) is 0 Å². The van der Waals surface area contributed by atoms with Gasteiger partial charge in [-0.05, 0) is 0 Å². The third-order valence-corrected chi connectivity index (χ3v) is 7.54. The summed E-state index contributed by atoms with van der Waals surface area (Å²) >= 11 is -0.299. The van der Waals surface area contributed by atoms with Crippen molar-refractivity contribution in [2.45, 2.75) is 71.1 Å². The molecule has 25 heavy (non-hydrogen) atoms. The molecule has 0 fully saturated rings. The Balaban J connectivity index is 0.00000288. The Bertz CT molecular complexity index is 667. The molecule has 1 nitrogen and oxygen atoms in total. The predicted molar refractivity (Wildman–Crippen MR) is 112 cm³/mol. The fourth-order valence-corrected chi connectivity index (χ4v) is 4.70. The summed E-state index contributed by atoms with van der Waals surface area (Å²) in [6, 6.07) is 9.05. The van der Waals surface area contributed by atoms with Crippen molar-refractivity contribution in [3.63, 3.8) is 0 Å². The average molecular weight is 418 g/mol. The molecule has 1 aliphatic rings. The SMILES string of the molecule is CC1=C(C)C(C)=C(c2ccccc2[C](C)(C)[Ti][NH]C(C)(C)C)C1.Cl.Cl. The molecule has 0 aromatic heterocycles. The Morgan fingerprint density at radius 2 is 1.44 bits per heavy atom. The van der Waals surface area contributed by atoms with Gasteiger partial charge in [0.1, 0.15) is 0 Å². The van der Waals surface area contributed by atoms with Crippen molar-refractivity contribution in [2.75, 3.05) is 0 Å². The van der Waals surface area contributed by atoms with Gasteiger partial charge < -0.3 is 0 Å². The summed E-state index contributed by atoms with van der Waals surface area (Å²) in [6.45, 7) is 18.4. The molecule has 1 N–H and O–H groups in total.